The lowest BCUT2D eigenvalue weighted by molar-refractivity contribution is -0.132. The third-order valence-electron chi connectivity index (χ3n) is 3.76. The molecule has 4 heteroatoms. The maximum absolute atomic E-state index is 12.0. The van der Waals surface area contributed by atoms with Crippen LogP contribution in [-0.2, 0) is 4.79 Å². The van der Waals surface area contributed by atoms with Gasteiger partial charge in [-0.3, -0.25) is 9.69 Å². The summed E-state index contributed by atoms with van der Waals surface area (Å²) in [6, 6.07) is 0.237. The van der Waals surface area contributed by atoms with Gasteiger partial charge in [0.05, 0.1) is 6.54 Å². The van der Waals surface area contributed by atoms with E-state index in [1.54, 1.807) is 0 Å². The summed E-state index contributed by atoms with van der Waals surface area (Å²) in [5.74, 6) is 0.800. The molecule has 0 bridgehead atoms. The van der Waals surface area contributed by atoms with Crippen molar-refractivity contribution in [2.45, 2.75) is 39.7 Å². The van der Waals surface area contributed by atoms with Crippen LogP contribution < -0.4 is 5.73 Å². The normalized spacial score (nSPS) is 23.4. The average molecular weight is 241 g/mol. The molecule has 17 heavy (non-hydrogen) atoms. The number of carbonyl (C=O) groups excluding carboxylic acids is 1. The standard InChI is InChI=1S/C13H27N3O/c1-4-16(5-2)13(17)10-15-8-6-7-12(9-15)11(3)14/h11-12H,4-10,14H2,1-3H3. The highest BCUT2D eigenvalue weighted by molar-refractivity contribution is 5.78. The lowest BCUT2D eigenvalue weighted by Crippen LogP contribution is -2.47. The van der Waals surface area contributed by atoms with Gasteiger partial charge in [-0.25, -0.2) is 0 Å². The molecule has 1 amide bonds. The van der Waals surface area contributed by atoms with Crippen LogP contribution >= 0.6 is 0 Å². The van der Waals surface area contributed by atoms with Gasteiger partial charge in [-0.05, 0) is 46.1 Å². The third-order valence-corrected chi connectivity index (χ3v) is 3.76. The van der Waals surface area contributed by atoms with E-state index in [9.17, 15) is 4.79 Å². The van der Waals surface area contributed by atoms with Crippen molar-refractivity contribution in [1.82, 2.24) is 9.80 Å². The van der Waals surface area contributed by atoms with Crippen LogP contribution in [0, 0.1) is 5.92 Å². The van der Waals surface area contributed by atoms with Crippen LogP contribution in [0.5, 0.6) is 0 Å². The second kappa shape index (κ2) is 6.97. The van der Waals surface area contributed by atoms with Crippen LogP contribution in [0.4, 0.5) is 0 Å². The summed E-state index contributed by atoms with van der Waals surface area (Å²) in [5.41, 5.74) is 5.95. The van der Waals surface area contributed by atoms with Crippen LogP contribution in [0.1, 0.15) is 33.6 Å². The number of likely N-dealkylation sites (tertiary alicyclic amines) is 1. The van der Waals surface area contributed by atoms with E-state index < -0.39 is 0 Å². The van der Waals surface area contributed by atoms with Gasteiger partial charge in [-0.2, -0.15) is 0 Å². The zero-order valence-electron chi connectivity index (χ0n) is 11.5. The molecule has 0 aromatic heterocycles. The monoisotopic (exact) mass is 241 g/mol. The van der Waals surface area contributed by atoms with Crippen molar-refractivity contribution in [1.29, 1.82) is 0 Å². The molecule has 0 saturated carbocycles. The predicted molar refractivity (Wildman–Crippen MR) is 70.7 cm³/mol. The number of likely N-dealkylation sites (N-methyl/N-ethyl adjacent to an activating group) is 1. The van der Waals surface area contributed by atoms with E-state index in [1.807, 2.05) is 18.7 Å². The van der Waals surface area contributed by atoms with Gasteiger partial charge in [0.2, 0.25) is 5.91 Å². The fraction of sp³-hybridized carbons (Fsp3) is 0.923. The zero-order valence-corrected chi connectivity index (χ0v) is 11.5. The van der Waals surface area contributed by atoms with Crippen molar-refractivity contribution in [3.05, 3.63) is 0 Å². The van der Waals surface area contributed by atoms with Gasteiger partial charge in [0.1, 0.15) is 0 Å². The van der Waals surface area contributed by atoms with Crippen molar-refractivity contribution in [3.63, 3.8) is 0 Å². The summed E-state index contributed by atoms with van der Waals surface area (Å²) in [6.07, 6.45) is 2.37. The van der Waals surface area contributed by atoms with Crippen LogP contribution in [0.2, 0.25) is 0 Å². The Hall–Kier alpha value is -0.610. The van der Waals surface area contributed by atoms with E-state index in [2.05, 4.69) is 11.8 Å². The van der Waals surface area contributed by atoms with Crippen molar-refractivity contribution < 1.29 is 4.79 Å². The molecular weight excluding hydrogens is 214 g/mol. The number of amides is 1. The van der Waals surface area contributed by atoms with Gasteiger partial charge in [-0.15, -0.1) is 0 Å². The summed E-state index contributed by atoms with van der Waals surface area (Å²) in [5, 5.41) is 0. The van der Waals surface area contributed by atoms with E-state index >= 15 is 0 Å². The molecule has 1 fully saturated rings. The van der Waals surface area contributed by atoms with Gasteiger partial charge < -0.3 is 10.6 Å². The van der Waals surface area contributed by atoms with Crippen LogP contribution in [0.25, 0.3) is 0 Å². The van der Waals surface area contributed by atoms with Gasteiger partial charge in [0, 0.05) is 25.7 Å². The largest absolute Gasteiger partial charge is 0.342 e. The van der Waals surface area contributed by atoms with Crippen molar-refractivity contribution in [2.24, 2.45) is 11.7 Å². The van der Waals surface area contributed by atoms with Crippen LogP contribution in [0.3, 0.4) is 0 Å². The smallest absolute Gasteiger partial charge is 0.236 e. The van der Waals surface area contributed by atoms with Gasteiger partial charge >= 0.3 is 0 Å². The Morgan fingerprint density at radius 3 is 2.65 bits per heavy atom. The van der Waals surface area contributed by atoms with Crippen molar-refractivity contribution in [2.75, 3.05) is 32.7 Å². The van der Waals surface area contributed by atoms with E-state index in [4.69, 9.17) is 5.73 Å². The first-order chi connectivity index (χ1) is 8.08. The van der Waals surface area contributed by atoms with E-state index in [1.165, 1.54) is 6.42 Å². The minimum Gasteiger partial charge on any atom is -0.342 e. The first kappa shape index (κ1) is 14.5. The number of nitrogens with two attached hydrogens (primary N) is 1. The minimum absolute atomic E-state index is 0.237. The average Bonchev–Trinajstić information content (AvgIpc) is 2.30. The van der Waals surface area contributed by atoms with Gasteiger partial charge in [-0.1, -0.05) is 0 Å². The zero-order chi connectivity index (χ0) is 12.8. The number of piperidine rings is 1. The Kier molecular flexibility index (Phi) is 5.92. The highest BCUT2D eigenvalue weighted by atomic mass is 16.2. The van der Waals surface area contributed by atoms with Gasteiger partial charge in [0.25, 0.3) is 0 Å². The van der Waals surface area contributed by atoms with Crippen molar-refractivity contribution >= 4 is 5.91 Å². The second-order valence-corrected chi connectivity index (χ2v) is 5.06. The lowest BCUT2D eigenvalue weighted by Gasteiger charge is -2.35. The first-order valence-corrected chi connectivity index (χ1v) is 6.84. The molecule has 0 aromatic rings. The first-order valence-electron chi connectivity index (χ1n) is 6.84. The molecule has 0 aliphatic carbocycles. The summed E-state index contributed by atoms with van der Waals surface area (Å²) in [7, 11) is 0. The molecule has 1 heterocycles. The number of carbonyl (C=O) groups is 1. The number of nitrogens with zero attached hydrogens (tertiary/aromatic N) is 2. The maximum Gasteiger partial charge on any atom is 0.236 e. The Morgan fingerprint density at radius 1 is 1.47 bits per heavy atom. The Bertz CT molecular complexity index is 239. The van der Waals surface area contributed by atoms with E-state index in [-0.39, 0.29) is 11.9 Å². The molecule has 2 N–H and O–H groups in total. The summed E-state index contributed by atoms with van der Waals surface area (Å²) in [4.78, 5) is 16.2. The minimum atomic E-state index is 0.237. The van der Waals surface area contributed by atoms with E-state index in [0.717, 1.165) is 32.6 Å². The highest BCUT2D eigenvalue weighted by Gasteiger charge is 2.24. The highest BCUT2D eigenvalue weighted by Crippen LogP contribution is 2.18. The Balaban J connectivity index is 2.43. The molecule has 1 aliphatic rings. The molecule has 1 saturated heterocycles. The molecule has 0 aromatic carbocycles. The van der Waals surface area contributed by atoms with Crippen LogP contribution in [0.15, 0.2) is 0 Å². The van der Waals surface area contributed by atoms with Gasteiger partial charge in [0.15, 0.2) is 0 Å². The van der Waals surface area contributed by atoms with Crippen molar-refractivity contribution in [3.8, 4) is 0 Å². The quantitative estimate of drug-likeness (QED) is 0.778. The molecule has 2 atom stereocenters. The lowest BCUT2D eigenvalue weighted by atomic mass is 9.92. The number of hydrogen-bond donors (Lipinski definition) is 1. The molecule has 100 valence electrons. The summed E-state index contributed by atoms with van der Waals surface area (Å²) in [6.45, 7) is 10.3. The SMILES string of the molecule is CCN(CC)C(=O)CN1CCCC(C(C)N)C1. The number of hydrogen-bond acceptors (Lipinski definition) is 3. The fourth-order valence-corrected chi connectivity index (χ4v) is 2.53. The second-order valence-electron chi connectivity index (χ2n) is 5.06. The summed E-state index contributed by atoms with van der Waals surface area (Å²) < 4.78 is 0. The molecule has 1 aliphatic heterocycles. The molecule has 0 spiro atoms. The van der Waals surface area contributed by atoms with E-state index in [0.29, 0.717) is 12.5 Å². The molecule has 0 radical (unpaired) electrons. The molecule has 1 rings (SSSR count). The fourth-order valence-electron chi connectivity index (χ4n) is 2.53. The predicted octanol–water partition coefficient (Wildman–Crippen LogP) is 0.914. The molecule has 4 nitrogen and oxygen atoms in total. The maximum atomic E-state index is 12.0. The van der Waals surface area contributed by atoms with Crippen LogP contribution in [-0.4, -0.2) is 54.5 Å². The Morgan fingerprint density at radius 2 is 2.12 bits per heavy atom. The molecule has 2 unspecified atom stereocenters. The topological polar surface area (TPSA) is 49.6 Å². The number of rotatable bonds is 5. The molecular formula is C13H27N3O. The summed E-state index contributed by atoms with van der Waals surface area (Å²) >= 11 is 0. The Labute approximate surface area is 105 Å². The third kappa shape index (κ3) is 4.28.